The number of ether oxygens (including phenoxy) is 1. The van der Waals surface area contributed by atoms with Crippen LogP contribution in [-0.4, -0.2) is 30.8 Å². The van der Waals surface area contributed by atoms with Crippen molar-refractivity contribution in [3.05, 3.63) is 29.3 Å². The molecule has 0 saturated heterocycles. The zero-order valence-electron chi connectivity index (χ0n) is 9.18. The lowest BCUT2D eigenvalue weighted by Gasteiger charge is -2.11. The van der Waals surface area contributed by atoms with Gasteiger partial charge in [-0.3, -0.25) is 4.79 Å². The predicted octanol–water partition coefficient (Wildman–Crippen LogP) is 2.18. The fourth-order valence-corrected chi connectivity index (χ4v) is 1.13. The van der Waals surface area contributed by atoms with E-state index in [2.05, 4.69) is 5.10 Å². The van der Waals surface area contributed by atoms with Gasteiger partial charge >= 0.3 is 0 Å². The average Bonchev–Trinajstić information content (AvgIpc) is 2.28. The smallest absolute Gasteiger partial charge is 0.280 e. The van der Waals surface area contributed by atoms with Gasteiger partial charge in [0, 0.05) is 18.3 Å². The van der Waals surface area contributed by atoms with Crippen LogP contribution in [0.15, 0.2) is 29.4 Å². The first kappa shape index (κ1) is 12.5. The summed E-state index contributed by atoms with van der Waals surface area (Å²) in [4.78, 5) is 11.4. The van der Waals surface area contributed by atoms with Gasteiger partial charge in [-0.05, 0) is 31.2 Å². The minimum Gasteiger partial charge on any atom is -0.484 e. The Morgan fingerprint density at radius 1 is 1.50 bits per heavy atom. The number of likely N-dealkylation sites (N-methyl/N-ethyl adjacent to an activating group) is 1. The minimum atomic E-state index is -0.215. The van der Waals surface area contributed by atoms with Gasteiger partial charge in [0.15, 0.2) is 6.61 Å². The van der Waals surface area contributed by atoms with Crippen LogP contribution in [0.1, 0.15) is 6.92 Å². The van der Waals surface area contributed by atoms with E-state index in [1.807, 2.05) is 0 Å². The summed E-state index contributed by atoms with van der Waals surface area (Å²) in [5, 5.41) is 5.67. The Hall–Kier alpha value is -1.55. The SMILES string of the molecule is CC=NN(C)C(=O)COc1ccc(Cl)cc1. The minimum absolute atomic E-state index is 0.0462. The number of hydrogen-bond acceptors (Lipinski definition) is 3. The number of halogens is 1. The second-order valence-corrected chi connectivity index (χ2v) is 3.47. The molecule has 1 amide bonds. The molecule has 0 unspecified atom stereocenters. The van der Waals surface area contributed by atoms with Gasteiger partial charge in [0.2, 0.25) is 0 Å². The first-order valence-corrected chi connectivity index (χ1v) is 5.15. The lowest BCUT2D eigenvalue weighted by Crippen LogP contribution is -2.27. The number of carbonyl (C=O) groups excluding carboxylic acids is 1. The Morgan fingerprint density at radius 3 is 2.69 bits per heavy atom. The highest BCUT2D eigenvalue weighted by Crippen LogP contribution is 2.15. The number of hydrogen-bond donors (Lipinski definition) is 0. The van der Waals surface area contributed by atoms with Gasteiger partial charge in [-0.2, -0.15) is 5.10 Å². The summed E-state index contributed by atoms with van der Waals surface area (Å²) < 4.78 is 5.27. The first-order chi connectivity index (χ1) is 7.63. The first-order valence-electron chi connectivity index (χ1n) is 4.77. The Kier molecular flexibility index (Phi) is 4.79. The number of hydrazone groups is 1. The largest absolute Gasteiger partial charge is 0.484 e. The molecule has 0 bridgehead atoms. The van der Waals surface area contributed by atoms with E-state index in [4.69, 9.17) is 16.3 Å². The molecule has 0 heterocycles. The van der Waals surface area contributed by atoms with E-state index >= 15 is 0 Å². The molecule has 4 nitrogen and oxygen atoms in total. The van der Waals surface area contributed by atoms with Crippen molar-refractivity contribution in [2.75, 3.05) is 13.7 Å². The molecule has 0 aliphatic carbocycles. The van der Waals surface area contributed by atoms with Crippen molar-refractivity contribution in [1.29, 1.82) is 0 Å². The van der Waals surface area contributed by atoms with Crippen molar-refractivity contribution in [2.24, 2.45) is 5.10 Å². The van der Waals surface area contributed by atoms with E-state index in [-0.39, 0.29) is 12.5 Å². The lowest BCUT2D eigenvalue weighted by molar-refractivity contribution is -0.132. The van der Waals surface area contributed by atoms with Crippen LogP contribution in [0.4, 0.5) is 0 Å². The molecule has 1 rings (SSSR count). The van der Waals surface area contributed by atoms with Crippen LogP contribution in [0.25, 0.3) is 0 Å². The van der Waals surface area contributed by atoms with Crippen molar-refractivity contribution in [2.45, 2.75) is 6.92 Å². The molecule has 0 aliphatic heterocycles. The molecule has 0 spiro atoms. The van der Waals surface area contributed by atoms with Crippen molar-refractivity contribution in [1.82, 2.24) is 5.01 Å². The highest BCUT2D eigenvalue weighted by molar-refractivity contribution is 6.30. The van der Waals surface area contributed by atoms with Crippen LogP contribution in [0, 0.1) is 0 Å². The molecule has 1 aromatic rings. The molecule has 16 heavy (non-hydrogen) atoms. The summed E-state index contributed by atoms with van der Waals surface area (Å²) in [7, 11) is 1.58. The van der Waals surface area contributed by atoms with Crippen LogP contribution in [0.5, 0.6) is 5.75 Å². The molecule has 1 aromatic carbocycles. The standard InChI is InChI=1S/C11H13ClN2O2/c1-3-13-14(2)11(15)8-16-10-6-4-9(12)5-7-10/h3-7H,8H2,1-2H3. The van der Waals surface area contributed by atoms with Crippen molar-refractivity contribution < 1.29 is 9.53 Å². The second-order valence-electron chi connectivity index (χ2n) is 3.03. The molecule has 5 heteroatoms. The van der Waals surface area contributed by atoms with Gasteiger partial charge in [-0.15, -0.1) is 0 Å². The van der Waals surface area contributed by atoms with Crippen LogP contribution in [-0.2, 0) is 4.79 Å². The van der Waals surface area contributed by atoms with E-state index in [1.165, 1.54) is 5.01 Å². The maximum Gasteiger partial charge on any atom is 0.280 e. The second kappa shape index (κ2) is 6.12. The number of nitrogens with zero attached hydrogens (tertiary/aromatic N) is 2. The van der Waals surface area contributed by atoms with Crippen LogP contribution in [0.3, 0.4) is 0 Å². The predicted molar refractivity (Wildman–Crippen MR) is 63.9 cm³/mol. The number of amides is 1. The molecule has 0 atom stereocenters. The van der Waals surface area contributed by atoms with Gasteiger partial charge in [-0.25, -0.2) is 5.01 Å². The van der Waals surface area contributed by atoms with Gasteiger partial charge in [0.1, 0.15) is 5.75 Å². The van der Waals surface area contributed by atoms with Crippen molar-refractivity contribution in [3.8, 4) is 5.75 Å². The Labute approximate surface area is 99.5 Å². The highest BCUT2D eigenvalue weighted by Gasteiger charge is 2.07. The number of rotatable bonds is 4. The van der Waals surface area contributed by atoms with Gasteiger partial charge in [-0.1, -0.05) is 11.6 Å². The summed E-state index contributed by atoms with van der Waals surface area (Å²) in [6, 6.07) is 6.82. The summed E-state index contributed by atoms with van der Waals surface area (Å²) >= 11 is 5.72. The molecule has 0 fully saturated rings. The van der Waals surface area contributed by atoms with Gasteiger partial charge in [0.25, 0.3) is 5.91 Å². The average molecular weight is 241 g/mol. The molecular formula is C11H13ClN2O2. The topological polar surface area (TPSA) is 41.9 Å². The van der Waals surface area contributed by atoms with Gasteiger partial charge in [0.05, 0.1) is 0 Å². The highest BCUT2D eigenvalue weighted by atomic mass is 35.5. The molecule has 0 aromatic heterocycles. The van der Waals surface area contributed by atoms with E-state index < -0.39 is 0 Å². The summed E-state index contributed by atoms with van der Waals surface area (Å²) in [5.74, 6) is 0.389. The zero-order valence-corrected chi connectivity index (χ0v) is 9.94. The molecule has 86 valence electrons. The third-order valence-electron chi connectivity index (χ3n) is 1.83. The maximum absolute atomic E-state index is 11.4. The van der Waals surface area contributed by atoms with E-state index in [0.717, 1.165) is 0 Å². The molecular weight excluding hydrogens is 228 g/mol. The van der Waals surface area contributed by atoms with Crippen LogP contribution >= 0.6 is 11.6 Å². The monoisotopic (exact) mass is 240 g/mol. The Balaban J connectivity index is 2.45. The Morgan fingerprint density at radius 2 is 2.12 bits per heavy atom. The molecule has 0 aliphatic rings. The van der Waals surface area contributed by atoms with E-state index in [0.29, 0.717) is 10.8 Å². The normalized spacial score (nSPS) is 10.4. The lowest BCUT2D eigenvalue weighted by atomic mass is 10.3. The molecule has 0 radical (unpaired) electrons. The van der Waals surface area contributed by atoms with Crippen LogP contribution in [0.2, 0.25) is 5.02 Å². The number of carbonyl (C=O) groups is 1. The van der Waals surface area contributed by atoms with Crippen molar-refractivity contribution >= 4 is 23.7 Å². The van der Waals surface area contributed by atoms with E-state index in [9.17, 15) is 4.79 Å². The number of benzene rings is 1. The van der Waals surface area contributed by atoms with Crippen molar-refractivity contribution in [3.63, 3.8) is 0 Å². The molecule has 0 N–H and O–H groups in total. The zero-order chi connectivity index (χ0) is 12.0. The summed E-state index contributed by atoms with van der Waals surface area (Å²) in [5.41, 5.74) is 0. The summed E-state index contributed by atoms with van der Waals surface area (Å²) in [6.07, 6.45) is 1.54. The quantitative estimate of drug-likeness (QED) is 0.598. The Bertz CT molecular complexity index is 376. The van der Waals surface area contributed by atoms with Gasteiger partial charge < -0.3 is 4.74 Å². The maximum atomic E-state index is 11.4. The fourth-order valence-electron chi connectivity index (χ4n) is 1.01. The molecule has 0 saturated carbocycles. The van der Waals surface area contributed by atoms with Crippen LogP contribution < -0.4 is 4.74 Å². The third-order valence-corrected chi connectivity index (χ3v) is 2.08. The fraction of sp³-hybridized carbons (Fsp3) is 0.273. The van der Waals surface area contributed by atoms with E-state index in [1.54, 1.807) is 44.5 Å². The summed E-state index contributed by atoms with van der Waals surface area (Å²) in [6.45, 7) is 1.69. The third kappa shape index (κ3) is 3.90.